The number of amides is 4. The lowest BCUT2D eigenvalue weighted by atomic mass is 9.90. The third-order valence-electron chi connectivity index (χ3n) is 6.83. The van der Waals surface area contributed by atoms with Crippen LogP contribution in [0.3, 0.4) is 0 Å². The number of hydrogen-bond donors (Lipinski definition) is 2. The maximum Gasteiger partial charge on any atom is 0.317 e. The number of carbonyl (C=O) groups is 3. The van der Waals surface area contributed by atoms with E-state index >= 15 is 0 Å². The molecule has 2 aromatic rings. The van der Waals surface area contributed by atoms with Crippen LogP contribution in [0, 0.1) is 12.8 Å². The van der Waals surface area contributed by atoms with Gasteiger partial charge in [-0.25, -0.2) is 4.79 Å². The maximum absolute atomic E-state index is 12.6. The van der Waals surface area contributed by atoms with Crippen LogP contribution in [0.15, 0.2) is 48.5 Å². The summed E-state index contributed by atoms with van der Waals surface area (Å²) in [7, 11) is 0. The van der Waals surface area contributed by atoms with Crippen LogP contribution in [0.5, 0.6) is 0 Å². The maximum atomic E-state index is 12.6. The molecule has 4 rings (SSSR count). The Kier molecular flexibility index (Phi) is 7.83. The van der Waals surface area contributed by atoms with Crippen LogP contribution in [-0.4, -0.2) is 60.4 Å². The van der Waals surface area contributed by atoms with E-state index in [2.05, 4.69) is 41.8 Å². The standard InChI is InChI=1S/C27H34N4O3/c1-20-2-4-21(5-3-20)6-7-22-12-15-30(16-13-22)27(34)29-18-23-8-10-24(11-9-23)26(33)31-17-14-28-25(32)19-31/h2-5,8-11,22H,6-7,12-19H2,1H3,(H,28,32)(H,29,34). The molecule has 0 saturated carbocycles. The van der Waals surface area contributed by atoms with Gasteiger partial charge in [-0.1, -0.05) is 42.0 Å². The number of benzene rings is 2. The third-order valence-corrected chi connectivity index (χ3v) is 6.83. The summed E-state index contributed by atoms with van der Waals surface area (Å²) < 4.78 is 0. The lowest BCUT2D eigenvalue weighted by Crippen LogP contribution is -2.49. The highest BCUT2D eigenvalue weighted by molar-refractivity contribution is 5.97. The minimum atomic E-state index is -0.143. The van der Waals surface area contributed by atoms with E-state index in [1.807, 2.05) is 17.0 Å². The Hall–Kier alpha value is -3.35. The van der Waals surface area contributed by atoms with E-state index in [0.29, 0.717) is 31.1 Å². The van der Waals surface area contributed by atoms with Gasteiger partial charge in [0.25, 0.3) is 5.91 Å². The van der Waals surface area contributed by atoms with Gasteiger partial charge in [-0.15, -0.1) is 0 Å². The van der Waals surface area contributed by atoms with Gasteiger partial charge in [0.15, 0.2) is 0 Å². The summed E-state index contributed by atoms with van der Waals surface area (Å²) in [6.45, 7) is 5.22. The van der Waals surface area contributed by atoms with Gasteiger partial charge in [0.1, 0.15) is 0 Å². The van der Waals surface area contributed by atoms with Crippen LogP contribution in [0.1, 0.15) is 46.3 Å². The quantitative estimate of drug-likeness (QED) is 0.692. The van der Waals surface area contributed by atoms with Crippen LogP contribution >= 0.6 is 0 Å². The number of nitrogens with one attached hydrogen (secondary N) is 2. The Balaban J connectivity index is 1.18. The summed E-state index contributed by atoms with van der Waals surface area (Å²) in [6.07, 6.45) is 4.36. The van der Waals surface area contributed by atoms with E-state index in [1.54, 1.807) is 17.0 Å². The molecule has 2 fully saturated rings. The van der Waals surface area contributed by atoms with Gasteiger partial charge in [-0.2, -0.15) is 0 Å². The average Bonchev–Trinajstić information content (AvgIpc) is 2.87. The molecule has 2 heterocycles. The summed E-state index contributed by atoms with van der Waals surface area (Å²) in [6, 6.07) is 16.0. The van der Waals surface area contributed by atoms with E-state index in [-0.39, 0.29) is 24.4 Å². The van der Waals surface area contributed by atoms with Gasteiger partial charge in [-0.05, 0) is 61.8 Å². The van der Waals surface area contributed by atoms with Crippen LogP contribution in [0.2, 0.25) is 0 Å². The molecule has 7 heteroatoms. The van der Waals surface area contributed by atoms with Crippen molar-refractivity contribution in [3.05, 3.63) is 70.8 Å². The Bertz CT molecular complexity index is 996. The number of rotatable bonds is 6. The minimum absolute atomic E-state index is 0.0310. The lowest BCUT2D eigenvalue weighted by molar-refractivity contribution is -0.123. The van der Waals surface area contributed by atoms with Crippen molar-refractivity contribution in [2.75, 3.05) is 32.7 Å². The van der Waals surface area contributed by atoms with Crippen LogP contribution < -0.4 is 10.6 Å². The van der Waals surface area contributed by atoms with Crippen molar-refractivity contribution in [2.45, 2.75) is 39.2 Å². The van der Waals surface area contributed by atoms with Gasteiger partial charge in [-0.3, -0.25) is 9.59 Å². The van der Waals surface area contributed by atoms with Crippen molar-refractivity contribution < 1.29 is 14.4 Å². The van der Waals surface area contributed by atoms with E-state index < -0.39 is 0 Å². The summed E-state index contributed by atoms with van der Waals surface area (Å²) in [5.41, 5.74) is 4.17. The number of likely N-dealkylation sites (tertiary alicyclic amines) is 1. The monoisotopic (exact) mass is 462 g/mol. The molecular weight excluding hydrogens is 428 g/mol. The lowest BCUT2D eigenvalue weighted by Gasteiger charge is -2.32. The Morgan fingerprint density at radius 1 is 0.941 bits per heavy atom. The molecule has 0 aromatic heterocycles. The van der Waals surface area contributed by atoms with Gasteiger partial charge < -0.3 is 20.4 Å². The van der Waals surface area contributed by atoms with Crippen molar-refractivity contribution in [2.24, 2.45) is 5.92 Å². The van der Waals surface area contributed by atoms with E-state index in [0.717, 1.165) is 37.9 Å². The molecule has 2 aliphatic rings. The molecule has 0 atom stereocenters. The van der Waals surface area contributed by atoms with Crippen LogP contribution in [0.4, 0.5) is 4.79 Å². The highest BCUT2D eigenvalue weighted by Gasteiger charge is 2.23. The number of urea groups is 1. The number of aryl methyl sites for hydroxylation is 2. The molecule has 2 N–H and O–H groups in total. The fraction of sp³-hybridized carbons (Fsp3) is 0.444. The predicted octanol–water partition coefficient (Wildman–Crippen LogP) is 3.12. The summed E-state index contributed by atoms with van der Waals surface area (Å²) in [4.78, 5) is 40.2. The van der Waals surface area contributed by atoms with Gasteiger partial charge in [0, 0.05) is 38.3 Å². The number of piperazine rings is 1. The number of piperidine rings is 1. The van der Waals surface area contributed by atoms with E-state index in [4.69, 9.17) is 0 Å². The molecule has 7 nitrogen and oxygen atoms in total. The topological polar surface area (TPSA) is 81.8 Å². The first-order chi connectivity index (χ1) is 16.5. The van der Waals surface area contributed by atoms with Gasteiger partial charge in [0.2, 0.25) is 5.91 Å². The van der Waals surface area contributed by atoms with Gasteiger partial charge >= 0.3 is 6.03 Å². The normalized spacial score (nSPS) is 16.8. The molecule has 0 aliphatic carbocycles. The molecule has 2 saturated heterocycles. The summed E-state index contributed by atoms with van der Waals surface area (Å²) >= 11 is 0. The van der Waals surface area contributed by atoms with E-state index in [1.165, 1.54) is 17.5 Å². The molecule has 2 aromatic carbocycles. The van der Waals surface area contributed by atoms with Crippen molar-refractivity contribution in [1.29, 1.82) is 0 Å². The van der Waals surface area contributed by atoms with Crippen molar-refractivity contribution in [3.63, 3.8) is 0 Å². The fourth-order valence-electron chi connectivity index (χ4n) is 4.60. The van der Waals surface area contributed by atoms with Crippen LogP contribution in [-0.2, 0) is 17.8 Å². The van der Waals surface area contributed by atoms with Crippen molar-refractivity contribution >= 4 is 17.8 Å². The van der Waals surface area contributed by atoms with Crippen molar-refractivity contribution in [3.8, 4) is 0 Å². The average molecular weight is 463 g/mol. The number of carbonyl (C=O) groups excluding carboxylic acids is 3. The first-order valence-corrected chi connectivity index (χ1v) is 12.2. The zero-order chi connectivity index (χ0) is 23.9. The molecule has 0 unspecified atom stereocenters. The molecule has 0 spiro atoms. The smallest absolute Gasteiger partial charge is 0.317 e. The molecule has 180 valence electrons. The zero-order valence-electron chi connectivity index (χ0n) is 19.9. The SMILES string of the molecule is Cc1ccc(CCC2CCN(C(=O)NCc3ccc(C(=O)N4CCNC(=O)C4)cc3)CC2)cc1. The number of nitrogens with zero attached hydrogens (tertiary/aromatic N) is 2. The largest absolute Gasteiger partial charge is 0.353 e. The fourth-order valence-corrected chi connectivity index (χ4v) is 4.60. The third kappa shape index (κ3) is 6.37. The zero-order valence-corrected chi connectivity index (χ0v) is 19.9. The minimum Gasteiger partial charge on any atom is -0.353 e. The van der Waals surface area contributed by atoms with Gasteiger partial charge in [0.05, 0.1) is 6.54 Å². The molecular formula is C27H34N4O3. The van der Waals surface area contributed by atoms with Crippen LogP contribution in [0.25, 0.3) is 0 Å². The Morgan fingerprint density at radius 3 is 2.29 bits per heavy atom. The second kappa shape index (κ2) is 11.2. The highest BCUT2D eigenvalue weighted by Crippen LogP contribution is 2.22. The molecule has 34 heavy (non-hydrogen) atoms. The highest BCUT2D eigenvalue weighted by atomic mass is 16.2. The first kappa shape index (κ1) is 23.8. The Morgan fingerprint density at radius 2 is 1.62 bits per heavy atom. The summed E-state index contributed by atoms with van der Waals surface area (Å²) in [5.74, 6) is 0.395. The predicted molar refractivity (Wildman–Crippen MR) is 131 cm³/mol. The summed E-state index contributed by atoms with van der Waals surface area (Å²) in [5, 5.41) is 5.72. The molecule has 0 radical (unpaired) electrons. The molecule has 4 amide bonds. The van der Waals surface area contributed by atoms with E-state index in [9.17, 15) is 14.4 Å². The first-order valence-electron chi connectivity index (χ1n) is 12.2. The van der Waals surface area contributed by atoms with Crippen molar-refractivity contribution in [1.82, 2.24) is 20.4 Å². The molecule has 0 bridgehead atoms. The Labute approximate surface area is 201 Å². The second-order valence-corrected chi connectivity index (χ2v) is 9.39. The number of hydrogen-bond acceptors (Lipinski definition) is 3. The second-order valence-electron chi connectivity index (χ2n) is 9.39. The molecule has 2 aliphatic heterocycles.